The van der Waals surface area contributed by atoms with Crippen molar-refractivity contribution in [1.29, 1.82) is 0 Å². The van der Waals surface area contributed by atoms with E-state index < -0.39 is 12.3 Å². The quantitative estimate of drug-likeness (QED) is 0.706. The molecular formula is C14H18O5. The van der Waals surface area contributed by atoms with E-state index in [0.29, 0.717) is 0 Å². The van der Waals surface area contributed by atoms with Crippen molar-refractivity contribution in [3.63, 3.8) is 0 Å². The van der Waals surface area contributed by atoms with Crippen LogP contribution in [0, 0.1) is 5.41 Å². The summed E-state index contributed by atoms with van der Waals surface area (Å²) < 4.78 is 9.55. The Kier molecular flexibility index (Phi) is 3.30. The zero-order valence-corrected chi connectivity index (χ0v) is 11.1. The van der Waals surface area contributed by atoms with Crippen molar-refractivity contribution in [1.82, 2.24) is 0 Å². The van der Waals surface area contributed by atoms with Crippen LogP contribution in [0.3, 0.4) is 0 Å². The van der Waals surface area contributed by atoms with Crippen molar-refractivity contribution in [3.8, 4) is 11.5 Å². The van der Waals surface area contributed by atoms with E-state index in [4.69, 9.17) is 9.47 Å². The Balaban J connectivity index is 2.15. The Hall–Kier alpha value is -1.56. The third-order valence-corrected chi connectivity index (χ3v) is 2.81. The Morgan fingerprint density at radius 3 is 2.42 bits per heavy atom. The minimum absolute atomic E-state index is 0.238. The molecule has 0 aliphatic carbocycles. The van der Waals surface area contributed by atoms with Crippen molar-refractivity contribution in [2.24, 2.45) is 5.41 Å². The smallest absolute Gasteiger partial charge is 0.403 e. The van der Waals surface area contributed by atoms with Crippen LogP contribution in [0.2, 0.25) is 0 Å². The average molecular weight is 266 g/mol. The molecule has 1 aromatic rings. The van der Waals surface area contributed by atoms with E-state index in [-0.39, 0.29) is 16.9 Å². The predicted octanol–water partition coefficient (Wildman–Crippen LogP) is 1.47. The third-order valence-electron chi connectivity index (χ3n) is 2.81. The fraction of sp³-hybridized carbons (Fsp3) is 0.429. The van der Waals surface area contributed by atoms with Crippen LogP contribution in [-0.2, 0) is 0 Å². The second kappa shape index (κ2) is 4.52. The van der Waals surface area contributed by atoms with Crippen molar-refractivity contribution >= 4 is 6.08 Å². The van der Waals surface area contributed by atoms with Crippen LogP contribution in [0.1, 0.15) is 26.3 Å². The van der Waals surface area contributed by atoms with Crippen LogP contribution in [0.4, 0.5) is 0 Å². The van der Waals surface area contributed by atoms with Crippen molar-refractivity contribution in [3.05, 3.63) is 29.8 Å². The minimum Gasteiger partial charge on any atom is -0.403 e. The van der Waals surface area contributed by atoms with Crippen LogP contribution in [0.25, 0.3) is 6.08 Å². The molecule has 1 aliphatic heterocycles. The molecule has 0 saturated heterocycles. The van der Waals surface area contributed by atoms with Gasteiger partial charge in [0.2, 0.25) is 0 Å². The highest BCUT2D eigenvalue weighted by Crippen LogP contribution is 2.38. The molecule has 2 rings (SSSR count). The minimum atomic E-state index is -2.60. The molecule has 1 aromatic carbocycles. The van der Waals surface area contributed by atoms with Gasteiger partial charge in [-0.1, -0.05) is 39.0 Å². The number of ether oxygens (including phenoxy) is 2. The average Bonchev–Trinajstić information content (AvgIpc) is 2.57. The van der Waals surface area contributed by atoms with Gasteiger partial charge in [0.05, 0.1) is 6.10 Å². The van der Waals surface area contributed by atoms with Crippen LogP contribution in [-0.4, -0.2) is 27.6 Å². The lowest BCUT2D eigenvalue weighted by atomic mass is 9.89. The molecule has 1 aliphatic rings. The molecule has 0 bridgehead atoms. The number of hydrogen-bond acceptors (Lipinski definition) is 5. The van der Waals surface area contributed by atoms with Crippen molar-refractivity contribution < 1.29 is 24.8 Å². The Bertz CT molecular complexity index is 499. The first kappa shape index (κ1) is 13.9. The lowest BCUT2D eigenvalue weighted by molar-refractivity contribution is -0.385. The van der Waals surface area contributed by atoms with E-state index in [9.17, 15) is 15.3 Å². The summed E-state index contributed by atoms with van der Waals surface area (Å²) in [6.45, 7) is 5.81. The summed E-state index contributed by atoms with van der Waals surface area (Å²) in [4.78, 5) is 0. The van der Waals surface area contributed by atoms with Gasteiger partial charge in [-0.05, 0) is 23.1 Å². The van der Waals surface area contributed by atoms with E-state index >= 15 is 0 Å². The fourth-order valence-corrected chi connectivity index (χ4v) is 1.59. The molecule has 0 spiro atoms. The Morgan fingerprint density at radius 1 is 1.16 bits per heavy atom. The molecule has 3 N–H and O–H groups in total. The maximum absolute atomic E-state index is 9.90. The highest BCUT2D eigenvalue weighted by Gasteiger charge is 2.37. The summed E-state index contributed by atoms with van der Waals surface area (Å²) in [6, 6.07) is 4.91. The molecule has 0 aromatic heterocycles. The zero-order chi connectivity index (χ0) is 14.3. The third kappa shape index (κ3) is 3.26. The maximum atomic E-state index is 9.90. The summed E-state index contributed by atoms with van der Waals surface area (Å²) in [5, 5.41) is 28.3. The summed E-state index contributed by atoms with van der Waals surface area (Å²) >= 11 is 0. The van der Waals surface area contributed by atoms with Crippen LogP contribution >= 0.6 is 0 Å². The SMILES string of the molecule is CC(C)(C)C(O)C=Cc1ccc2c(c1)OC(O)(O)O2. The number of rotatable bonds is 2. The highest BCUT2D eigenvalue weighted by atomic mass is 17.0. The van der Waals surface area contributed by atoms with Gasteiger partial charge in [-0.25, -0.2) is 0 Å². The number of hydrogen-bond donors (Lipinski definition) is 3. The van der Waals surface area contributed by atoms with Crippen LogP contribution in [0.15, 0.2) is 24.3 Å². The summed E-state index contributed by atoms with van der Waals surface area (Å²) in [5.74, 6) is 0.510. The fourth-order valence-electron chi connectivity index (χ4n) is 1.59. The molecule has 19 heavy (non-hydrogen) atoms. The Morgan fingerprint density at radius 2 is 1.79 bits per heavy atom. The summed E-state index contributed by atoms with van der Waals surface area (Å²) in [5.41, 5.74) is 0.529. The van der Waals surface area contributed by atoms with E-state index in [2.05, 4.69) is 0 Å². The maximum Gasteiger partial charge on any atom is 0.505 e. The van der Waals surface area contributed by atoms with E-state index in [0.717, 1.165) is 5.56 Å². The van der Waals surface area contributed by atoms with E-state index in [1.54, 1.807) is 30.4 Å². The molecule has 0 radical (unpaired) electrons. The van der Waals surface area contributed by atoms with Gasteiger partial charge >= 0.3 is 6.16 Å². The molecule has 1 atom stereocenters. The molecule has 104 valence electrons. The zero-order valence-electron chi connectivity index (χ0n) is 11.1. The molecule has 0 amide bonds. The summed E-state index contributed by atoms with van der Waals surface area (Å²) in [7, 11) is 0. The molecule has 1 heterocycles. The van der Waals surface area contributed by atoms with Crippen LogP contribution in [0.5, 0.6) is 11.5 Å². The summed E-state index contributed by atoms with van der Waals surface area (Å²) in [6.07, 6.45) is 0.250. The number of aliphatic hydroxyl groups excluding tert-OH is 1. The van der Waals surface area contributed by atoms with Gasteiger partial charge in [0.25, 0.3) is 0 Å². The lowest BCUT2D eigenvalue weighted by Crippen LogP contribution is -2.37. The molecule has 0 saturated carbocycles. The van der Waals surface area contributed by atoms with E-state index in [1.807, 2.05) is 20.8 Å². The molecule has 1 unspecified atom stereocenters. The Labute approximate surface area is 111 Å². The van der Waals surface area contributed by atoms with Crippen molar-refractivity contribution in [2.45, 2.75) is 33.0 Å². The normalized spacial score (nSPS) is 18.8. The first-order chi connectivity index (χ1) is 8.67. The standard InChI is InChI=1S/C14H18O5/c1-13(2,3)12(15)7-5-9-4-6-10-11(8-9)19-14(16,17)18-10/h4-8,12,15-17H,1-3H3. The first-order valence-corrected chi connectivity index (χ1v) is 6.00. The van der Waals surface area contributed by atoms with Gasteiger partial charge in [-0.2, -0.15) is 0 Å². The number of fused-ring (bicyclic) bond motifs is 1. The second-order valence-electron chi connectivity index (χ2n) is 5.63. The molecule has 5 nitrogen and oxygen atoms in total. The van der Waals surface area contributed by atoms with Gasteiger partial charge in [0.1, 0.15) is 0 Å². The van der Waals surface area contributed by atoms with Gasteiger partial charge in [-0.3, -0.25) is 10.2 Å². The topological polar surface area (TPSA) is 79.2 Å². The molecule has 0 fully saturated rings. The van der Waals surface area contributed by atoms with E-state index in [1.165, 1.54) is 0 Å². The molecular weight excluding hydrogens is 248 g/mol. The van der Waals surface area contributed by atoms with Crippen molar-refractivity contribution in [2.75, 3.05) is 0 Å². The van der Waals surface area contributed by atoms with Gasteiger partial charge < -0.3 is 14.6 Å². The van der Waals surface area contributed by atoms with Gasteiger partial charge in [0, 0.05) is 0 Å². The largest absolute Gasteiger partial charge is 0.505 e. The number of benzene rings is 1. The lowest BCUT2D eigenvalue weighted by Gasteiger charge is -2.22. The van der Waals surface area contributed by atoms with Gasteiger partial charge in [-0.15, -0.1) is 0 Å². The highest BCUT2D eigenvalue weighted by molar-refractivity contribution is 5.57. The van der Waals surface area contributed by atoms with Crippen LogP contribution < -0.4 is 9.47 Å². The monoisotopic (exact) mass is 266 g/mol. The number of aliphatic hydroxyl groups is 3. The van der Waals surface area contributed by atoms with Gasteiger partial charge in [0.15, 0.2) is 11.5 Å². The first-order valence-electron chi connectivity index (χ1n) is 6.00. The molecule has 5 heteroatoms. The second-order valence-corrected chi connectivity index (χ2v) is 5.63. The predicted molar refractivity (Wildman–Crippen MR) is 69.4 cm³/mol.